The Kier molecular flexibility index (Phi) is 3.95. The van der Waals surface area contributed by atoms with Crippen molar-refractivity contribution in [2.24, 2.45) is 0 Å². The van der Waals surface area contributed by atoms with Crippen LogP contribution in [0.3, 0.4) is 0 Å². The monoisotopic (exact) mass is 338 g/mol. The number of halogens is 2. The zero-order chi connectivity index (χ0) is 12.5. The number of hydrogen-bond acceptors (Lipinski definition) is 3. The fourth-order valence-electron chi connectivity index (χ4n) is 1.92. The normalized spacial score (nSPS) is 17.3. The smallest absolute Gasteiger partial charge is 0.235 e. The van der Waals surface area contributed by atoms with Gasteiger partial charge in [0.05, 0.1) is 21.6 Å². The van der Waals surface area contributed by atoms with Crippen LogP contribution >= 0.6 is 27.5 Å². The summed E-state index contributed by atoms with van der Waals surface area (Å²) in [6, 6.07) is 1.61. The van der Waals surface area contributed by atoms with Crippen LogP contribution in [0.15, 0.2) is 16.7 Å². The van der Waals surface area contributed by atoms with Crippen LogP contribution in [0, 0.1) is 0 Å². The van der Waals surface area contributed by atoms with E-state index < -0.39 is 10.0 Å². The van der Waals surface area contributed by atoms with Gasteiger partial charge in [0.2, 0.25) is 10.0 Å². The summed E-state index contributed by atoms with van der Waals surface area (Å²) in [7, 11) is -3.30. The van der Waals surface area contributed by atoms with Gasteiger partial charge in [0.1, 0.15) is 5.15 Å². The average molecular weight is 340 g/mol. The third-order valence-corrected chi connectivity index (χ3v) is 5.80. The zero-order valence-corrected chi connectivity index (χ0v) is 12.1. The first-order valence-corrected chi connectivity index (χ1v) is 8.03. The fraction of sp³-hybridized carbons (Fsp3) is 0.500. The Hall–Kier alpha value is -0.330. The largest absolute Gasteiger partial charge is 0.282 e. The van der Waals surface area contributed by atoms with Crippen LogP contribution in [0.1, 0.15) is 25.7 Å². The summed E-state index contributed by atoms with van der Waals surface area (Å²) in [4.78, 5) is 3.88. The standard InChI is InChI=1S/C10H12BrClN2O2S/c11-9-5-7(6-13-10(9)12)14-17(15,16)8-3-1-2-4-8/h5-6,8,14H,1-4H2. The predicted octanol–water partition coefficient (Wildman–Crippen LogP) is 3.18. The van der Waals surface area contributed by atoms with Crippen molar-refractivity contribution in [2.75, 3.05) is 4.72 Å². The molecule has 0 unspecified atom stereocenters. The highest BCUT2D eigenvalue weighted by Crippen LogP contribution is 2.28. The quantitative estimate of drug-likeness (QED) is 0.860. The second-order valence-corrected chi connectivity index (χ2v) is 7.22. The number of aromatic nitrogens is 1. The maximum Gasteiger partial charge on any atom is 0.235 e. The van der Waals surface area contributed by atoms with Crippen molar-refractivity contribution < 1.29 is 8.42 Å². The lowest BCUT2D eigenvalue weighted by Crippen LogP contribution is -2.25. The fourth-order valence-corrected chi connectivity index (χ4v) is 3.94. The van der Waals surface area contributed by atoms with E-state index in [1.54, 1.807) is 6.07 Å². The van der Waals surface area contributed by atoms with Crippen molar-refractivity contribution in [1.29, 1.82) is 0 Å². The first-order chi connectivity index (χ1) is 7.99. The summed E-state index contributed by atoms with van der Waals surface area (Å²) in [5, 5.41) is 0.0331. The van der Waals surface area contributed by atoms with Crippen molar-refractivity contribution >= 4 is 43.2 Å². The Morgan fingerprint density at radius 2 is 2.06 bits per heavy atom. The van der Waals surface area contributed by atoms with E-state index in [2.05, 4.69) is 25.6 Å². The molecule has 7 heteroatoms. The van der Waals surface area contributed by atoms with Gasteiger partial charge in [-0.2, -0.15) is 0 Å². The van der Waals surface area contributed by atoms with Crippen molar-refractivity contribution in [2.45, 2.75) is 30.9 Å². The lowest BCUT2D eigenvalue weighted by Gasteiger charge is -2.13. The van der Waals surface area contributed by atoms with Crippen LogP contribution < -0.4 is 4.72 Å². The summed E-state index contributed by atoms with van der Waals surface area (Å²) >= 11 is 8.95. The van der Waals surface area contributed by atoms with E-state index in [1.807, 2.05) is 0 Å². The van der Waals surface area contributed by atoms with E-state index in [9.17, 15) is 8.42 Å². The topological polar surface area (TPSA) is 59.1 Å². The number of hydrogen-bond donors (Lipinski definition) is 1. The summed E-state index contributed by atoms with van der Waals surface area (Å²) < 4.78 is 27.1. The Balaban J connectivity index is 2.17. The molecule has 1 fully saturated rings. The Labute approximate surface area is 114 Å². The molecule has 0 aliphatic heterocycles. The molecule has 1 aromatic heterocycles. The van der Waals surface area contributed by atoms with Gasteiger partial charge in [-0.1, -0.05) is 24.4 Å². The molecule has 1 N–H and O–H groups in total. The van der Waals surface area contributed by atoms with Gasteiger partial charge in [-0.25, -0.2) is 13.4 Å². The molecule has 0 aromatic carbocycles. The Morgan fingerprint density at radius 1 is 1.41 bits per heavy atom. The van der Waals surface area contributed by atoms with Crippen LogP contribution in [-0.2, 0) is 10.0 Å². The van der Waals surface area contributed by atoms with E-state index in [0.29, 0.717) is 15.3 Å². The van der Waals surface area contributed by atoms with Crippen molar-refractivity contribution in [3.05, 3.63) is 21.9 Å². The second-order valence-electron chi connectivity index (χ2n) is 4.05. The van der Waals surface area contributed by atoms with Crippen LogP contribution in [0.4, 0.5) is 5.69 Å². The number of nitrogens with zero attached hydrogens (tertiary/aromatic N) is 1. The van der Waals surface area contributed by atoms with Crippen molar-refractivity contribution in [3.8, 4) is 0 Å². The molecule has 2 rings (SSSR count). The highest BCUT2D eigenvalue weighted by Gasteiger charge is 2.28. The van der Waals surface area contributed by atoms with Crippen LogP contribution in [0.25, 0.3) is 0 Å². The molecule has 0 radical (unpaired) electrons. The van der Waals surface area contributed by atoms with E-state index in [4.69, 9.17) is 11.6 Å². The van der Waals surface area contributed by atoms with E-state index in [-0.39, 0.29) is 5.25 Å². The molecule has 0 atom stereocenters. The first-order valence-electron chi connectivity index (χ1n) is 5.32. The lowest BCUT2D eigenvalue weighted by molar-refractivity contribution is 0.585. The molecule has 4 nitrogen and oxygen atoms in total. The number of sulfonamides is 1. The van der Waals surface area contributed by atoms with Gasteiger partial charge >= 0.3 is 0 Å². The molecule has 17 heavy (non-hydrogen) atoms. The maximum absolute atomic E-state index is 12.0. The molecule has 0 bridgehead atoms. The number of pyridine rings is 1. The van der Waals surface area contributed by atoms with Gasteiger partial charge < -0.3 is 0 Å². The van der Waals surface area contributed by atoms with Gasteiger partial charge in [-0.3, -0.25) is 4.72 Å². The first kappa shape index (κ1) is 13.1. The van der Waals surface area contributed by atoms with Gasteiger partial charge in [0.25, 0.3) is 0 Å². The van der Waals surface area contributed by atoms with Gasteiger partial charge in [-0.15, -0.1) is 0 Å². The summed E-state index contributed by atoms with van der Waals surface area (Å²) in [5.74, 6) is 0. The minimum Gasteiger partial charge on any atom is -0.282 e. The summed E-state index contributed by atoms with van der Waals surface area (Å²) in [6.45, 7) is 0. The van der Waals surface area contributed by atoms with Crippen LogP contribution in [0.2, 0.25) is 5.15 Å². The van der Waals surface area contributed by atoms with Crippen molar-refractivity contribution in [1.82, 2.24) is 4.98 Å². The van der Waals surface area contributed by atoms with Crippen molar-refractivity contribution in [3.63, 3.8) is 0 Å². The SMILES string of the molecule is O=S(=O)(Nc1cnc(Cl)c(Br)c1)C1CCCC1. The molecule has 1 aliphatic rings. The van der Waals surface area contributed by atoms with Gasteiger partial charge in [0, 0.05) is 0 Å². The Bertz CT molecular complexity index is 515. The molecule has 0 spiro atoms. The molecular weight excluding hydrogens is 328 g/mol. The minimum atomic E-state index is -3.30. The van der Waals surface area contributed by atoms with Crippen LogP contribution in [-0.4, -0.2) is 18.7 Å². The number of rotatable bonds is 3. The van der Waals surface area contributed by atoms with Gasteiger partial charge in [0.15, 0.2) is 0 Å². The molecule has 1 heterocycles. The van der Waals surface area contributed by atoms with E-state index in [1.165, 1.54) is 6.20 Å². The van der Waals surface area contributed by atoms with Crippen LogP contribution in [0.5, 0.6) is 0 Å². The average Bonchev–Trinajstić information content (AvgIpc) is 2.77. The molecule has 94 valence electrons. The number of nitrogens with one attached hydrogen (secondary N) is 1. The molecular formula is C10H12BrClN2O2S. The highest BCUT2D eigenvalue weighted by atomic mass is 79.9. The highest BCUT2D eigenvalue weighted by molar-refractivity contribution is 9.10. The third kappa shape index (κ3) is 3.11. The molecule has 1 saturated carbocycles. The molecule has 1 aliphatic carbocycles. The second kappa shape index (κ2) is 5.12. The van der Waals surface area contributed by atoms with E-state index in [0.717, 1.165) is 25.7 Å². The summed E-state index contributed by atoms with van der Waals surface area (Å²) in [6.07, 6.45) is 4.84. The zero-order valence-electron chi connectivity index (χ0n) is 8.99. The van der Waals surface area contributed by atoms with Gasteiger partial charge in [-0.05, 0) is 34.8 Å². The molecule has 1 aromatic rings. The maximum atomic E-state index is 12.0. The minimum absolute atomic E-state index is 0.281. The Morgan fingerprint density at radius 3 is 2.65 bits per heavy atom. The third-order valence-electron chi connectivity index (χ3n) is 2.80. The predicted molar refractivity (Wildman–Crippen MR) is 71.7 cm³/mol. The molecule has 0 saturated heterocycles. The van der Waals surface area contributed by atoms with E-state index >= 15 is 0 Å². The lowest BCUT2D eigenvalue weighted by atomic mass is 10.4. The molecule has 0 amide bonds. The number of anilines is 1. The summed E-state index contributed by atoms with van der Waals surface area (Å²) in [5.41, 5.74) is 0.438.